The molecule has 1 aliphatic carbocycles. The number of aromatic nitrogens is 1. The molecule has 1 heteroatoms. The van der Waals surface area contributed by atoms with Gasteiger partial charge in [0, 0.05) is 16.5 Å². The van der Waals surface area contributed by atoms with Crippen molar-refractivity contribution in [1.29, 1.82) is 0 Å². The van der Waals surface area contributed by atoms with Crippen LogP contribution in [0.15, 0.2) is 72.8 Å². The Bertz CT molecular complexity index is 999. The van der Waals surface area contributed by atoms with E-state index in [4.69, 9.17) is 0 Å². The number of rotatable bonds is 0. The zero-order valence-electron chi connectivity index (χ0n) is 11.4. The molecule has 3 aromatic carbocycles. The van der Waals surface area contributed by atoms with E-state index in [1.54, 1.807) is 0 Å². The second-order valence-electron chi connectivity index (χ2n) is 5.54. The Kier molecular flexibility index (Phi) is 2.01. The van der Waals surface area contributed by atoms with Crippen molar-refractivity contribution in [3.05, 3.63) is 72.8 Å². The molecule has 21 heavy (non-hydrogen) atoms. The van der Waals surface area contributed by atoms with Crippen LogP contribution in [-0.2, 0) is 0 Å². The van der Waals surface area contributed by atoms with Crippen LogP contribution in [0.25, 0.3) is 43.7 Å². The second-order valence-corrected chi connectivity index (χ2v) is 5.54. The lowest BCUT2D eigenvalue weighted by molar-refractivity contribution is 1.44. The standard InChI is InChI=1S/C20H13N/c1-2-9-16-14(7-1)15-8-3-4-10-17(15)20-18(16)12-13-6-5-11-19(13)21-20/h1-12,21H. The van der Waals surface area contributed by atoms with E-state index in [0.717, 1.165) is 0 Å². The quantitative estimate of drug-likeness (QED) is 0.352. The van der Waals surface area contributed by atoms with Gasteiger partial charge in [-0.1, -0.05) is 60.7 Å². The summed E-state index contributed by atoms with van der Waals surface area (Å²) in [6, 6.07) is 26.0. The van der Waals surface area contributed by atoms with Crippen LogP contribution >= 0.6 is 0 Å². The molecule has 1 aliphatic heterocycles. The Morgan fingerprint density at radius 2 is 1.14 bits per heavy atom. The summed E-state index contributed by atoms with van der Waals surface area (Å²) in [4.78, 5) is 3.62. The Labute approximate surface area is 122 Å². The van der Waals surface area contributed by atoms with Gasteiger partial charge in [0.15, 0.2) is 0 Å². The van der Waals surface area contributed by atoms with Crippen molar-refractivity contribution in [2.75, 3.05) is 0 Å². The first-order valence-electron chi connectivity index (χ1n) is 7.23. The molecule has 5 rings (SSSR count). The monoisotopic (exact) mass is 267 g/mol. The number of nitrogens with one attached hydrogen (secondary N) is 1. The minimum absolute atomic E-state index is 1.20. The predicted molar refractivity (Wildman–Crippen MR) is 89.9 cm³/mol. The molecule has 0 unspecified atom stereocenters. The second kappa shape index (κ2) is 3.86. The third-order valence-electron chi connectivity index (χ3n) is 4.38. The van der Waals surface area contributed by atoms with Crippen LogP contribution in [-0.4, -0.2) is 4.98 Å². The van der Waals surface area contributed by atoms with E-state index in [1.165, 1.54) is 43.7 Å². The average Bonchev–Trinajstić information content (AvgIpc) is 3.01. The number of H-pyrrole nitrogens is 1. The number of aromatic amines is 1. The lowest BCUT2D eigenvalue weighted by Crippen LogP contribution is -1.88. The van der Waals surface area contributed by atoms with Crippen molar-refractivity contribution in [1.82, 2.24) is 4.98 Å². The maximum atomic E-state index is 3.62. The van der Waals surface area contributed by atoms with E-state index >= 15 is 0 Å². The highest BCUT2D eigenvalue weighted by Gasteiger charge is 2.11. The van der Waals surface area contributed by atoms with Gasteiger partial charge in [-0.2, -0.15) is 0 Å². The molecule has 0 atom stereocenters. The Morgan fingerprint density at radius 3 is 1.90 bits per heavy atom. The number of hydrogen-bond acceptors (Lipinski definition) is 0. The van der Waals surface area contributed by atoms with Crippen molar-refractivity contribution in [2.45, 2.75) is 0 Å². The van der Waals surface area contributed by atoms with Crippen LogP contribution in [0.4, 0.5) is 0 Å². The maximum absolute atomic E-state index is 3.62. The van der Waals surface area contributed by atoms with Gasteiger partial charge in [-0.05, 0) is 33.9 Å². The molecule has 98 valence electrons. The largest absolute Gasteiger partial charge is 0.354 e. The van der Waals surface area contributed by atoms with Crippen LogP contribution in [0, 0.1) is 0 Å². The van der Waals surface area contributed by atoms with E-state index in [1.807, 2.05) is 0 Å². The van der Waals surface area contributed by atoms with Crippen molar-refractivity contribution in [3.63, 3.8) is 0 Å². The molecule has 2 aliphatic rings. The summed E-state index contributed by atoms with van der Waals surface area (Å²) in [5, 5.41) is 6.52. The highest BCUT2D eigenvalue weighted by Crippen LogP contribution is 2.36. The lowest BCUT2D eigenvalue weighted by Gasteiger charge is -2.12. The van der Waals surface area contributed by atoms with Crippen molar-refractivity contribution >= 4 is 32.4 Å². The molecule has 1 N–H and O–H groups in total. The fourth-order valence-corrected chi connectivity index (χ4v) is 3.42. The van der Waals surface area contributed by atoms with Gasteiger partial charge < -0.3 is 4.98 Å². The van der Waals surface area contributed by atoms with E-state index in [0.29, 0.717) is 0 Å². The van der Waals surface area contributed by atoms with Crippen LogP contribution in [0.3, 0.4) is 0 Å². The topological polar surface area (TPSA) is 15.8 Å². The van der Waals surface area contributed by atoms with Gasteiger partial charge in [0.1, 0.15) is 0 Å². The first kappa shape index (κ1) is 10.9. The molecule has 0 saturated carbocycles. The smallest absolute Gasteiger partial charge is 0.0544 e. The zero-order chi connectivity index (χ0) is 13.8. The Morgan fingerprint density at radius 1 is 0.524 bits per heavy atom. The van der Waals surface area contributed by atoms with Crippen LogP contribution < -0.4 is 0 Å². The first-order valence-corrected chi connectivity index (χ1v) is 7.23. The van der Waals surface area contributed by atoms with E-state index in [2.05, 4.69) is 77.8 Å². The fraction of sp³-hybridized carbons (Fsp3) is 0. The van der Waals surface area contributed by atoms with Crippen molar-refractivity contribution < 1.29 is 0 Å². The third-order valence-corrected chi connectivity index (χ3v) is 4.38. The lowest BCUT2D eigenvalue weighted by atomic mass is 9.96. The minimum Gasteiger partial charge on any atom is -0.354 e. The number of hydrogen-bond donors (Lipinski definition) is 1. The number of fused-ring (bicyclic) bond motifs is 7. The average molecular weight is 267 g/mol. The number of pyridine rings is 1. The van der Waals surface area contributed by atoms with Gasteiger partial charge in [-0.3, -0.25) is 0 Å². The van der Waals surface area contributed by atoms with Gasteiger partial charge in [0.25, 0.3) is 0 Å². The molecule has 0 spiro atoms. The zero-order valence-corrected chi connectivity index (χ0v) is 11.4. The summed E-state index contributed by atoms with van der Waals surface area (Å²) in [6.45, 7) is 0. The van der Waals surface area contributed by atoms with Gasteiger partial charge in [-0.15, -0.1) is 0 Å². The molecular formula is C20H13N. The fourth-order valence-electron chi connectivity index (χ4n) is 3.42. The summed E-state index contributed by atoms with van der Waals surface area (Å²) < 4.78 is 0. The SMILES string of the molecule is c1cc2cc3c4ccccc4c4ccccc4c3[nH]c-2c1. The van der Waals surface area contributed by atoms with Gasteiger partial charge >= 0.3 is 0 Å². The highest BCUT2D eigenvalue weighted by atomic mass is 14.7. The van der Waals surface area contributed by atoms with E-state index < -0.39 is 0 Å². The summed E-state index contributed by atoms with van der Waals surface area (Å²) in [5.74, 6) is 0. The molecule has 1 nitrogen and oxygen atoms in total. The van der Waals surface area contributed by atoms with Crippen LogP contribution in [0.1, 0.15) is 0 Å². The van der Waals surface area contributed by atoms with E-state index in [9.17, 15) is 0 Å². The van der Waals surface area contributed by atoms with Crippen LogP contribution in [0.2, 0.25) is 0 Å². The van der Waals surface area contributed by atoms with Gasteiger partial charge in [0.2, 0.25) is 0 Å². The molecule has 0 bridgehead atoms. The summed E-state index contributed by atoms with van der Waals surface area (Å²) in [6.07, 6.45) is 0. The normalized spacial score (nSPS) is 11.8. The van der Waals surface area contributed by atoms with Crippen molar-refractivity contribution in [2.24, 2.45) is 0 Å². The maximum Gasteiger partial charge on any atom is 0.0544 e. The minimum atomic E-state index is 1.20. The molecule has 0 saturated heterocycles. The predicted octanol–water partition coefficient (Wildman–Crippen LogP) is 5.58. The first-order chi connectivity index (χ1) is 10.4. The molecule has 0 aromatic heterocycles. The highest BCUT2D eigenvalue weighted by molar-refractivity contribution is 6.24. The van der Waals surface area contributed by atoms with E-state index in [-0.39, 0.29) is 0 Å². The molecule has 0 fully saturated rings. The number of benzene rings is 3. The van der Waals surface area contributed by atoms with Crippen molar-refractivity contribution in [3.8, 4) is 11.3 Å². The summed E-state index contributed by atoms with van der Waals surface area (Å²) >= 11 is 0. The third kappa shape index (κ3) is 1.40. The molecular weight excluding hydrogens is 254 g/mol. The molecule has 0 amide bonds. The Hall–Kier alpha value is -2.80. The summed E-state index contributed by atoms with van der Waals surface area (Å²) in [7, 11) is 0. The Balaban J connectivity index is 2.20. The van der Waals surface area contributed by atoms with Gasteiger partial charge in [-0.25, -0.2) is 0 Å². The molecule has 1 heterocycles. The molecule has 0 radical (unpaired) electrons. The van der Waals surface area contributed by atoms with Crippen LogP contribution in [0.5, 0.6) is 0 Å². The summed E-state index contributed by atoms with van der Waals surface area (Å²) in [5.41, 5.74) is 3.69. The molecule has 3 aromatic rings. The van der Waals surface area contributed by atoms with Gasteiger partial charge in [0.05, 0.1) is 5.52 Å².